The summed E-state index contributed by atoms with van der Waals surface area (Å²) in [6, 6.07) is 0.832. The van der Waals surface area contributed by atoms with Crippen molar-refractivity contribution in [1.29, 1.82) is 0 Å². The van der Waals surface area contributed by atoms with Gasteiger partial charge in [-0.1, -0.05) is 26.7 Å². The molecule has 2 saturated heterocycles. The fourth-order valence-electron chi connectivity index (χ4n) is 4.34. The molecule has 1 saturated carbocycles. The summed E-state index contributed by atoms with van der Waals surface area (Å²) in [6.45, 7) is 5.38. The number of carbonyl (C=O) groups excluding carboxylic acids is 2. The first kappa shape index (κ1) is 19.5. The zero-order valence-electron chi connectivity index (χ0n) is 14.9. The average Bonchev–Trinajstić information content (AvgIpc) is 2.98. The molecule has 3 unspecified atom stereocenters. The van der Waals surface area contributed by atoms with Gasteiger partial charge in [-0.15, -0.1) is 12.4 Å². The lowest BCUT2D eigenvalue weighted by molar-refractivity contribution is -0.134. The highest BCUT2D eigenvalue weighted by atomic mass is 35.5. The molecule has 0 bridgehead atoms. The van der Waals surface area contributed by atoms with Gasteiger partial charge < -0.3 is 15.5 Å². The molecule has 3 fully saturated rings. The first-order valence-electron chi connectivity index (χ1n) is 9.40. The molecule has 5 nitrogen and oxygen atoms in total. The van der Waals surface area contributed by atoms with Crippen LogP contribution in [0.4, 0.5) is 0 Å². The van der Waals surface area contributed by atoms with Gasteiger partial charge in [-0.25, -0.2) is 0 Å². The molecule has 3 rings (SSSR count). The highest BCUT2D eigenvalue weighted by molar-refractivity contribution is 5.85. The van der Waals surface area contributed by atoms with E-state index >= 15 is 0 Å². The number of likely N-dealkylation sites (tertiary alicyclic amines) is 1. The minimum Gasteiger partial charge on any atom is -0.353 e. The molecule has 0 spiro atoms. The van der Waals surface area contributed by atoms with Crippen LogP contribution in [0.1, 0.15) is 58.8 Å². The Morgan fingerprint density at radius 1 is 1.08 bits per heavy atom. The minimum atomic E-state index is 0. The molecule has 2 heterocycles. The molecule has 138 valence electrons. The molecule has 0 radical (unpaired) electrons. The third kappa shape index (κ3) is 4.42. The van der Waals surface area contributed by atoms with Crippen molar-refractivity contribution in [2.24, 2.45) is 11.8 Å². The Bertz CT molecular complexity index is 436. The van der Waals surface area contributed by atoms with Gasteiger partial charge in [-0.3, -0.25) is 9.59 Å². The van der Waals surface area contributed by atoms with E-state index in [1.165, 1.54) is 25.7 Å². The van der Waals surface area contributed by atoms with Gasteiger partial charge in [0.15, 0.2) is 0 Å². The lowest BCUT2D eigenvalue weighted by atomic mass is 9.85. The highest BCUT2D eigenvalue weighted by Gasteiger charge is 2.40. The standard InChI is InChI=1S/C18H31N3O2.ClH/c1-12(2)17(22)19-14-7-9-21(10-8-14)18(23)16-11-13-5-3-4-6-15(13)20-16;/h12-16,20H,3-11H2,1-2H3,(H,19,22);1H. The van der Waals surface area contributed by atoms with Crippen molar-refractivity contribution in [2.75, 3.05) is 13.1 Å². The number of carbonyl (C=O) groups is 2. The van der Waals surface area contributed by atoms with Gasteiger partial charge in [0.2, 0.25) is 11.8 Å². The highest BCUT2D eigenvalue weighted by Crippen LogP contribution is 2.33. The maximum atomic E-state index is 12.8. The largest absolute Gasteiger partial charge is 0.353 e. The number of rotatable bonds is 3. The van der Waals surface area contributed by atoms with E-state index in [0.29, 0.717) is 12.0 Å². The van der Waals surface area contributed by atoms with Gasteiger partial charge in [-0.2, -0.15) is 0 Å². The van der Waals surface area contributed by atoms with E-state index in [4.69, 9.17) is 0 Å². The van der Waals surface area contributed by atoms with E-state index in [1.54, 1.807) is 0 Å². The molecule has 2 N–H and O–H groups in total. The third-order valence-electron chi connectivity index (χ3n) is 5.84. The van der Waals surface area contributed by atoms with E-state index in [2.05, 4.69) is 10.6 Å². The van der Waals surface area contributed by atoms with Crippen molar-refractivity contribution in [3.8, 4) is 0 Å². The normalized spacial score (nSPS) is 30.6. The average molecular weight is 358 g/mol. The van der Waals surface area contributed by atoms with Crippen LogP contribution >= 0.6 is 12.4 Å². The Kier molecular flexibility index (Phi) is 6.93. The topological polar surface area (TPSA) is 61.4 Å². The zero-order chi connectivity index (χ0) is 16.4. The summed E-state index contributed by atoms with van der Waals surface area (Å²) in [5.74, 6) is 1.14. The van der Waals surface area contributed by atoms with Crippen LogP contribution in [0.25, 0.3) is 0 Å². The van der Waals surface area contributed by atoms with Crippen molar-refractivity contribution >= 4 is 24.2 Å². The number of nitrogens with zero attached hydrogens (tertiary/aromatic N) is 1. The van der Waals surface area contributed by atoms with Crippen molar-refractivity contribution in [3.05, 3.63) is 0 Å². The molecule has 3 atom stereocenters. The molecule has 0 aromatic carbocycles. The van der Waals surface area contributed by atoms with Crippen LogP contribution in [0.3, 0.4) is 0 Å². The SMILES string of the molecule is CC(C)C(=O)NC1CCN(C(=O)C2CC3CCCCC3N2)CC1.Cl. The summed E-state index contributed by atoms with van der Waals surface area (Å²) in [7, 11) is 0. The smallest absolute Gasteiger partial charge is 0.239 e. The second-order valence-corrected chi connectivity index (χ2v) is 7.87. The Hall–Kier alpha value is -0.810. The summed E-state index contributed by atoms with van der Waals surface area (Å²) in [5.41, 5.74) is 0. The molecule has 6 heteroatoms. The number of hydrogen-bond donors (Lipinski definition) is 2. The van der Waals surface area contributed by atoms with E-state index < -0.39 is 0 Å². The van der Waals surface area contributed by atoms with E-state index in [0.717, 1.165) is 32.4 Å². The Morgan fingerprint density at radius 3 is 2.38 bits per heavy atom. The number of hydrogen-bond acceptors (Lipinski definition) is 3. The van der Waals surface area contributed by atoms with Gasteiger partial charge in [0.25, 0.3) is 0 Å². The molecule has 24 heavy (non-hydrogen) atoms. The fourth-order valence-corrected chi connectivity index (χ4v) is 4.34. The number of piperidine rings is 1. The van der Waals surface area contributed by atoms with Crippen LogP contribution in [-0.2, 0) is 9.59 Å². The Labute approximate surface area is 151 Å². The number of fused-ring (bicyclic) bond motifs is 1. The minimum absolute atomic E-state index is 0. The van der Waals surface area contributed by atoms with Crippen molar-refractivity contribution in [3.63, 3.8) is 0 Å². The molecule has 2 amide bonds. The molecule has 3 aliphatic rings. The molecular formula is C18H32ClN3O2. The quantitative estimate of drug-likeness (QED) is 0.813. The second-order valence-electron chi connectivity index (χ2n) is 7.87. The van der Waals surface area contributed by atoms with Crippen molar-refractivity contribution < 1.29 is 9.59 Å². The lowest BCUT2D eigenvalue weighted by Gasteiger charge is -2.34. The Balaban J connectivity index is 0.00000208. The van der Waals surface area contributed by atoms with Crippen LogP contribution in [-0.4, -0.2) is 47.9 Å². The monoisotopic (exact) mass is 357 g/mol. The van der Waals surface area contributed by atoms with E-state index in [1.807, 2.05) is 18.7 Å². The maximum absolute atomic E-state index is 12.8. The number of nitrogens with one attached hydrogen (secondary N) is 2. The van der Waals surface area contributed by atoms with Crippen molar-refractivity contribution in [2.45, 2.75) is 76.9 Å². The van der Waals surface area contributed by atoms with Gasteiger partial charge in [0, 0.05) is 31.1 Å². The summed E-state index contributed by atoms with van der Waals surface area (Å²) < 4.78 is 0. The van der Waals surface area contributed by atoms with Gasteiger partial charge >= 0.3 is 0 Å². The number of amides is 2. The maximum Gasteiger partial charge on any atom is 0.239 e. The Morgan fingerprint density at radius 2 is 1.75 bits per heavy atom. The molecule has 2 aliphatic heterocycles. The predicted molar refractivity (Wildman–Crippen MR) is 97.1 cm³/mol. The summed E-state index contributed by atoms with van der Waals surface area (Å²) in [4.78, 5) is 26.5. The third-order valence-corrected chi connectivity index (χ3v) is 5.84. The first-order chi connectivity index (χ1) is 11.0. The summed E-state index contributed by atoms with van der Waals surface area (Å²) in [5, 5.41) is 6.68. The van der Waals surface area contributed by atoms with Crippen LogP contribution in [0.15, 0.2) is 0 Å². The molecule has 0 aromatic heterocycles. The zero-order valence-corrected chi connectivity index (χ0v) is 15.7. The number of halogens is 1. The molecule has 0 aromatic rings. The fraction of sp³-hybridized carbons (Fsp3) is 0.889. The molecule has 1 aliphatic carbocycles. The van der Waals surface area contributed by atoms with Gasteiger partial charge in [-0.05, 0) is 38.0 Å². The summed E-state index contributed by atoms with van der Waals surface area (Å²) >= 11 is 0. The lowest BCUT2D eigenvalue weighted by Crippen LogP contribution is -2.51. The summed E-state index contributed by atoms with van der Waals surface area (Å²) in [6.07, 6.45) is 7.92. The van der Waals surface area contributed by atoms with Crippen LogP contribution in [0.5, 0.6) is 0 Å². The van der Waals surface area contributed by atoms with Crippen LogP contribution in [0.2, 0.25) is 0 Å². The van der Waals surface area contributed by atoms with E-state index in [-0.39, 0.29) is 42.2 Å². The van der Waals surface area contributed by atoms with Crippen LogP contribution in [0, 0.1) is 11.8 Å². The van der Waals surface area contributed by atoms with Gasteiger partial charge in [0.1, 0.15) is 0 Å². The van der Waals surface area contributed by atoms with E-state index in [9.17, 15) is 9.59 Å². The van der Waals surface area contributed by atoms with Gasteiger partial charge in [0.05, 0.1) is 6.04 Å². The molecular weight excluding hydrogens is 326 g/mol. The van der Waals surface area contributed by atoms with Crippen molar-refractivity contribution in [1.82, 2.24) is 15.5 Å². The van der Waals surface area contributed by atoms with Crippen LogP contribution < -0.4 is 10.6 Å². The first-order valence-corrected chi connectivity index (χ1v) is 9.40. The predicted octanol–water partition coefficient (Wildman–Crippen LogP) is 2.09. The second kappa shape index (κ2) is 8.52.